The van der Waals surface area contributed by atoms with Crippen molar-refractivity contribution in [3.8, 4) is 17.2 Å². The molecule has 10 nitrogen and oxygen atoms in total. The summed E-state index contributed by atoms with van der Waals surface area (Å²) in [6, 6.07) is 2.50. The van der Waals surface area contributed by atoms with E-state index in [-0.39, 0.29) is 61.3 Å². The fourth-order valence-corrected chi connectivity index (χ4v) is 5.60. The predicted molar refractivity (Wildman–Crippen MR) is 179 cm³/mol. The highest BCUT2D eigenvalue weighted by Gasteiger charge is 2.31. The van der Waals surface area contributed by atoms with E-state index in [1.807, 2.05) is 0 Å². The Morgan fingerprint density at radius 1 is 0.574 bits per heavy atom. The van der Waals surface area contributed by atoms with Gasteiger partial charge in [0.25, 0.3) is 0 Å². The van der Waals surface area contributed by atoms with Gasteiger partial charge in [-0.2, -0.15) is 0 Å². The zero-order valence-corrected chi connectivity index (χ0v) is 28.9. The summed E-state index contributed by atoms with van der Waals surface area (Å²) in [5.41, 5.74) is -0.0876. The minimum absolute atomic E-state index is 0.0876. The lowest BCUT2D eigenvalue weighted by atomic mass is 9.92. The Labute approximate surface area is 280 Å². The number of esters is 4. The predicted octanol–water partition coefficient (Wildman–Crippen LogP) is 7.92. The molecule has 0 aliphatic heterocycles. The number of carbonyl (C=O) groups is 4. The van der Waals surface area contributed by atoms with Crippen LogP contribution in [0.5, 0.6) is 17.2 Å². The number of aliphatic hydroxyl groups excluding tert-OH is 2. The van der Waals surface area contributed by atoms with Gasteiger partial charge in [0.2, 0.25) is 5.75 Å². The Hall–Kier alpha value is -2.98. The van der Waals surface area contributed by atoms with Crippen molar-refractivity contribution in [3.05, 3.63) is 17.7 Å². The van der Waals surface area contributed by atoms with E-state index in [0.717, 1.165) is 77.0 Å². The molecule has 1 aromatic rings. The minimum Gasteiger partial charge on any atom is -0.459 e. The van der Waals surface area contributed by atoms with Crippen LogP contribution >= 0.6 is 0 Å². The second kappa shape index (κ2) is 23.4. The monoisotopic (exact) mass is 662 g/mol. The zero-order valence-electron chi connectivity index (χ0n) is 28.9. The van der Waals surface area contributed by atoms with Gasteiger partial charge in [-0.05, 0) is 37.8 Å². The summed E-state index contributed by atoms with van der Waals surface area (Å²) in [6.07, 6.45) is 12.3. The Balaban J connectivity index is 2.36. The molecule has 1 fully saturated rings. The summed E-state index contributed by atoms with van der Waals surface area (Å²) in [7, 11) is 0. The highest BCUT2D eigenvalue weighted by Crippen LogP contribution is 2.40. The third-order valence-electron chi connectivity index (χ3n) is 8.26. The molecule has 2 N–H and O–H groups in total. The van der Waals surface area contributed by atoms with Crippen LogP contribution in [-0.4, -0.2) is 52.4 Å². The van der Waals surface area contributed by atoms with Gasteiger partial charge in [0.1, 0.15) is 6.10 Å². The fraction of sp³-hybridized carbons (Fsp3) is 0.730. The number of hydrogen-bond donors (Lipinski definition) is 2. The van der Waals surface area contributed by atoms with Gasteiger partial charge in [0.15, 0.2) is 11.5 Å². The highest BCUT2D eigenvalue weighted by molar-refractivity contribution is 5.92. The molecule has 1 saturated carbocycles. The van der Waals surface area contributed by atoms with Gasteiger partial charge in [-0.1, -0.05) is 97.8 Å². The second-order valence-electron chi connectivity index (χ2n) is 12.8. The molecule has 3 atom stereocenters. The van der Waals surface area contributed by atoms with Crippen LogP contribution in [-0.2, 0) is 19.1 Å². The molecule has 0 saturated heterocycles. The number of ether oxygens (including phenoxy) is 4. The van der Waals surface area contributed by atoms with Gasteiger partial charge in [0.05, 0.1) is 17.8 Å². The van der Waals surface area contributed by atoms with Crippen molar-refractivity contribution in [2.45, 2.75) is 174 Å². The molecule has 2 rings (SSSR count). The maximum Gasteiger partial charge on any atom is 0.338 e. The summed E-state index contributed by atoms with van der Waals surface area (Å²) in [4.78, 5) is 52.2. The number of carbonyl (C=O) groups excluding carboxylic acids is 4. The fourth-order valence-electron chi connectivity index (χ4n) is 5.60. The van der Waals surface area contributed by atoms with Crippen LogP contribution in [0, 0.1) is 0 Å². The van der Waals surface area contributed by atoms with Gasteiger partial charge in [-0.3, -0.25) is 14.4 Å². The van der Waals surface area contributed by atoms with Crippen LogP contribution in [0.4, 0.5) is 0 Å². The SMILES string of the molecule is CCCCCCCC(=O)Oc1cc(C(=O)OC2C[C@@H](O)C[C@@H](O)C2)cc(OC(=O)CCCCCCC)c1OC(=O)CCCCCCC. The molecule has 1 unspecified atom stereocenters. The molecule has 0 amide bonds. The van der Waals surface area contributed by atoms with E-state index in [1.54, 1.807) is 0 Å². The maximum absolute atomic E-state index is 13.3. The minimum atomic E-state index is -0.821. The summed E-state index contributed by atoms with van der Waals surface area (Å²) in [5.74, 6) is -3.21. The summed E-state index contributed by atoms with van der Waals surface area (Å²) in [5, 5.41) is 20.1. The first-order chi connectivity index (χ1) is 22.7. The topological polar surface area (TPSA) is 146 Å². The maximum atomic E-state index is 13.3. The van der Waals surface area contributed by atoms with E-state index in [4.69, 9.17) is 18.9 Å². The molecule has 0 spiro atoms. The lowest BCUT2D eigenvalue weighted by Crippen LogP contribution is -2.35. The second-order valence-corrected chi connectivity index (χ2v) is 12.8. The van der Waals surface area contributed by atoms with Crippen LogP contribution in [0.1, 0.15) is 166 Å². The first kappa shape index (κ1) is 40.2. The smallest absolute Gasteiger partial charge is 0.338 e. The van der Waals surface area contributed by atoms with Crippen molar-refractivity contribution in [3.63, 3.8) is 0 Å². The highest BCUT2D eigenvalue weighted by atomic mass is 16.6. The zero-order chi connectivity index (χ0) is 34.4. The Kier molecular flexibility index (Phi) is 20.0. The molecule has 47 heavy (non-hydrogen) atoms. The van der Waals surface area contributed by atoms with E-state index >= 15 is 0 Å². The molecule has 10 heteroatoms. The van der Waals surface area contributed by atoms with Crippen molar-refractivity contribution in [1.29, 1.82) is 0 Å². The Morgan fingerprint density at radius 2 is 0.957 bits per heavy atom. The molecule has 0 radical (unpaired) electrons. The average Bonchev–Trinajstić information content (AvgIpc) is 3.01. The van der Waals surface area contributed by atoms with Crippen LogP contribution in [0.2, 0.25) is 0 Å². The molecule has 1 aromatic carbocycles. The van der Waals surface area contributed by atoms with Crippen molar-refractivity contribution in [1.82, 2.24) is 0 Å². The number of hydrogen-bond acceptors (Lipinski definition) is 10. The molecular formula is C37H58O10. The van der Waals surface area contributed by atoms with Gasteiger partial charge in [0, 0.05) is 32.1 Å². The van der Waals surface area contributed by atoms with Crippen molar-refractivity contribution < 1.29 is 48.3 Å². The normalized spacial score (nSPS) is 17.6. The lowest BCUT2D eigenvalue weighted by molar-refractivity contribution is -0.138. The molecular weight excluding hydrogens is 604 g/mol. The Morgan fingerprint density at radius 3 is 1.36 bits per heavy atom. The first-order valence-electron chi connectivity index (χ1n) is 18.0. The van der Waals surface area contributed by atoms with E-state index in [0.29, 0.717) is 19.3 Å². The van der Waals surface area contributed by atoms with Crippen molar-refractivity contribution in [2.75, 3.05) is 0 Å². The van der Waals surface area contributed by atoms with Gasteiger partial charge in [-0.25, -0.2) is 4.79 Å². The number of rotatable bonds is 23. The van der Waals surface area contributed by atoms with Crippen molar-refractivity contribution in [2.24, 2.45) is 0 Å². The standard InChI is InChI=1S/C37H58O10/c1-4-7-10-13-16-19-33(40)45-31-22-27(37(43)44-30-25-28(38)24-29(39)26-30)23-32(46-34(41)20-17-14-11-8-5-2)36(31)47-35(42)21-18-15-12-9-6-3/h22-23,28-30,38-39H,4-21,24-26H2,1-3H3/t28-,29+,30?. The average molecular weight is 663 g/mol. The molecule has 0 aromatic heterocycles. The van der Waals surface area contributed by atoms with E-state index < -0.39 is 42.2 Å². The number of aliphatic hydroxyl groups is 2. The third kappa shape index (κ3) is 16.6. The van der Waals surface area contributed by atoms with Gasteiger partial charge in [-0.15, -0.1) is 0 Å². The first-order valence-corrected chi connectivity index (χ1v) is 18.0. The summed E-state index contributed by atoms with van der Waals surface area (Å²) in [6.45, 7) is 6.32. The molecule has 266 valence electrons. The van der Waals surface area contributed by atoms with E-state index in [2.05, 4.69) is 20.8 Å². The Bertz CT molecular complexity index is 1040. The molecule has 0 bridgehead atoms. The molecule has 1 aliphatic carbocycles. The van der Waals surface area contributed by atoms with Crippen LogP contribution in [0.25, 0.3) is 0 Å². The number of benzene rings is 1. The molecule has 0 heterocycles. The van der Waals surface area contributed by atoms with E-state index in [9.17, 15) is 29.4 Å². The van der Waals surface area contributed by atoms with Crippen LogP contribution in [0.15, 0.2) is 12.1 Å². The quantitative estimate of drug-likeness (QED) is 0.0673. The molecule has 1 aliphatic rings. The third-order valence-corrected chi connectivity index (χ3v) is 8.26. The van der Waals surface area contributed by atoms with Gasteiger partial charge < -0.3 is 29.2 Å². The largest absolute Gasteiger partial charge is 0.459 e. The lowest BCUT2D eigenvalue weighted by Gasteiger charge is -2.29. The van der Waals surface area contributed by atoms with Crippen LogP contribution in [0.3, 0.4) is 0 Å². The van der Waals surface area contributed by atoms with E-state index in [1.165, 1.54) is 12.1 Å². The van der Waals surface area contributed by atoms with Crippen LogP contribution < -0.4 is 14.2 Å². The summed E-state index contributed by atoms with van der Waals surface area (Å²) >= 11 is 0. The van der Waals surface area contributed by atoms with Crippen molar-refractivity contribution >= 4 is 23.9 Å². The van der Waals surface area contributed by atoms with Gasteiger partial charge >= 0.3 is 23.9 Å². The number of unbranched alkanes of at least 4 members (excludes halogenated alkanes) is 12. The summed E-state index contributed by atoms with van der Waals surface area (Å²) < 4.78 is 22.7.